The van der Waals surface area contributed by atoms with Crippen LogP contribution in [0, 0.1) is 6.92 Å². The zero-order valence-corrected chi connectivity index (χ0v) is 30.0. The molecule has 0 atom stereocenters. The average molecular weight is 697 g/mol. The molecule has 3 aromatic heterocycles. The summed E-state index contributed by atoms with van der Waals surface area (Å²) < 4.78 is 29.3. The molecule has 2 aliphatic heterocycles. The van der Waals surface area contributed by atoms with Crippen molar-refractivity contribution in [2.24, 2.45) is 0 Å². The second-order valence-electron chi connectivity index (χ2n) is 15.8. The van der Waals surface area contributed by atoms with E-state index in [0.717, 1.165) is 53.9 Å². The van der Waals surface area contributed by atoms with Crippen LogP contribution in [-0.4, -0.2) is 73.4 Å². The quantitative estimate of drug-likeness (QED) is 0.189. The van der Waals surface area contributed by atoms with Crippen molar-refractivity contribution in [2.45, 2.75) is 115 Å². The van der Waals surface area contributed by atoms with Crippen LogP contribution in [0.3, 0.4) is 0 Å². The van der Waals surface area contributed by atoms with Gasteiger partial charge in [-0.15, -0.1) is 0 Å². The third-order valence-corrected chi connectivity index (χ3v) is 11.6. The molecule has 2 amide bonds. The maximum atomic E-state index is 13.9. The molecule has 3 fully saturated rings. The first kappa shape index (κ1) is 33.7. The van der Waals surface area contributed by atoms with Gasteiger partial charge >= 0.3 is 0 Å². The van der Waals surface area contributed by atoms with Crippen molar-refractivity contribution in [1.29, 1.82) is 0 Å². The molecule has 0 bridgehead atoms. The van der Waals surface area contributed by atoms with Crippen molar-refractivity contribution >= 4 is 40.0 Å². The number of amides is 2. The molecule has 1 saturated heterocycles. The SMILES string of the molecule is Cc1ccc(Nc2nc(-c3cnc4c(c3)N(C3CC(N5CCCCC5)C3)C(=O)C4(C)C)cc3ncn(C(C)C)c23)cc1C(=O)NC1(C(F)F)CC1. The third-order valence-electron chi connectivity index (χ3n) is 11.6. The monoisotopic (exact) mass is 696 g/mol. The molecule has 0 radical (unpaired) electrons. The molecule has 4 aromatic rings. The number of pyridine rings is 2. The molecular formula is C39H46F2N8O2. The van der Waals surface area contributed by atoms with Crippen molar-refractivity contribution in [3.63, 3.8) is 0 Å². The van der Waals surface area contributed by atoms with Crippen LogP contribution in [0.1, 0.15) is 100 Å². The third kappa shape index (κ3) is 5.75. The topological polar surface area (TPSA) is 108 Å². The molecule has 1 aromatic carbocycles. The van der Waals surface area contributed by atoms with Crippen LogP contribution in [0.2, 0.25) is 0 Å². The summed E-state index contributed by atoms with van der Waals surface area (Å²) in [6.45, 7) is 12.1. The Morgan fingerprint density at radius 3 is 2.43 bits per heavy atom. The highest BCUT2D eigenvalue weighted by Gasteiger charge is 2.53. The van der Waals surface area contributed by atoms with Crippen LogP contribution in [0.15, 0.2) is 42.9 Å². The molecule has 10 nitrogen and oxygen atoms in total. The molecule has 51 heavy (non-hydrogen) atoms. The summed E-state index contributed by atoms with van der Waals surface area (Å²) in [5, 5.41) is 6.01. The molecule has 4 aliphatic rings. The van der Waals surface area contributed by atoms with E-state index in [1.54, 1.807) is 31.6 Å². The predicted molar refractivity (Wildman–Crippen MR) is 194 cm³/mol. The Morgan fingerprint density at radius 1 is 1.00 bits per heavy atom. The molecule has 0 spiro atoms. The summed E-state index contributed by atoms with van der Waals surface area (Å²) >= 11 is 0. The van der Waals surface area contributed by atoms with Gasteiger partial charge < -0.3 is 25.0 Å². The number of fused-ring (bicyclic) bond motifs is 2. The van der Waals surface area contributed by atoms with Crippen LogP contribution < -0.4 is 15.5 Å². The van der Waals surface area contributed by atoms with Gasteiger partial charge in [-0.25, -0.2) is 18.7 Å². The average Bonchev–Trinajstić information content (AvgIpc) is 3.69. The number of nitrogens with one attached hydrogen (secondary N) is 2. The Balaban J connectivity index is 1.13. The van der Waals surface area contributed by atoms with Gasteiger partial charge in [-0.3, -0.25) is 14.6 Å². The molecule has 2 saturated carbocycles. The van der Waals surface area contributed by atoms with E-state index >= 15 is 0 Å². The normalized spacial score (nSPS) is 22.4. The number of aryl methyl sites for hydroxylation is 1. The Morgan fingerprint density at radius 2 is 1.75 bits per heavy atom. The van der Waals surface area contributed by atoms with E-state index in [9.17, 15) is 18.4 Å². The Hall–Kier alpha value is -4.45. The van der Waals surface area contributed by atoms with Gasteiger partial charge in [-0.2, -0.15) is 0 Å². The zero-order valence-electron chi connectivity index (χ0n) is 30.0. The van der Waals surface area contributed by atoms with Crippen molar-refractivity contribution in [1.82, 2.24) is 29.7 Å². The van der Waals surface area contributed by atoms with Crippen LogP contribution in [0.4, 0.5) is 26.0 Å². The highest BCUT2D eigenvalue weighted by atomic mass is 19.3. The molecule has 268 valence electrons. The largest absolute Gasteiger partial charge is 0.341 e. The molecular weight excluding hydrogens is 650 g/mol. The van der Waals surface area contributed by atoms with Gasteiger partial charge in [0.15, 0.2) is 5.82 Å². The number of rotatable bonds is 9. The standard InChI is InChI=1S/C39H46F2N8O2/c1-22(2)48-21-43-30-19-29(45-34(32(30)48)44-25-10-9-23(3)28(16-25)35(50)46-39(11-12-39)36(40)41)24-15-31-33(42-20-24)38(4,5)37(51)49(31)27-17-26(18-27)47-13-7-6-8-14-47/h9-10,15-16,19-22,26-27,36H,6-8,11-14,17-18H2,1-5H3,(H,44,45)(H,46,50). The Kier molecular flexibility index (Phi) is 8.16. The molecule has 8 rings (SSSR count). The van der Waals surface area contributed by atoms with E-state index in [0.29, 0.717) is 34.4 Å². The fourth-order valence-corrected chi connectivity index (χ4v) is 8.08. The molecule has 12 heteroatoms. The summed E-state index contributed by atoms with van der Waals surface area (Å²) in [7, 11) is 0. The van der Waals surface area contributed by atoms with Gasteiger partial charge in [0.1, 0.15) is 11.1 Å². The number of nitrogens with zero attached hydrogens (tertiary/aromatic N) is 6. The van der Waals surface area contributed by atoms with E-state index < -0.39 is 23.3 Å². The van der Waals surface area contributed by atoms with Crippen LogP contribution in [0.25, 0.3) is 22.3 Å². The number of benzene rings is 1. The van der Waals surface area contributed by atoms with Crippen molar-refractivity contribution in [3.05, 3.63) is 59.7 Å². The number of aromatic nitrogens is 4. The first-order valence-electron chi connectivity index (χ1n) is 18.3. The molecule has 5 heterocycles. The number of piperidine rings is 1. The number of hydrogen-bond donors (Lipinski definition) is 2. The fraction of sp³-hybridized carbons (Fsp3) is 0.513. The molecule has 2 N–H and O–H groups in total. The minimum atomic E-state index is -2.62. The zero-order chi connectivity index (χ0) is 35.8. The molecule has 0 unspecified atom stereocenters. The predicted octanol–water partition coefficient (Wildman–Crippen LogP) is 7.29. The van der Waals surface area contributed by atoms with Crippen molar-refractivity contribution < 1.29 is 18.4 Å². The number of imidazole rings is 1. The summed E-state index contributed by atoms with van der Waals surface area (Å²) in [5.74, 6) is 0.103. The second kappa shape index (κ2) is 12.4. The highest BCUT2D eigenvalue weighted by Crippen LogP contribution is 2.47. The Labute approximate surface area is 297 Å². The minimum Gasteiger partial charge on any atom is -0.341 e. The summed E-state index contributed by atoms with van der Waals surface area (Å²) in [6.07, 6.45) is 7.23. The highest BCUT2D eigenvalue weighted by molar-refractivity contribution is 6.08. The van der Waals surface area contributed by atoms with Crippen molar-refractivity contribution in [3.8, 4) is 11.3 Å². The summed E-state index contributed by atoms with van der Waals surface area (Å²) in [6, 6.07) is 10.1. The maximum Gasteiger partial charge on any atom is 0.261 e. The van der Waals surface area contributed by atoms with E-state index in [-0.39, 0.29) is 30.8 Å². The van der Waals surface area contributed by atoms with E-state index in [2.05, 4.69) is 29.4 Å². The lowest BCUT2D eigenvalue weighted by atomic mass is 9.83. The summed E-state index contributed by atoms with van der Waals surface area (Å²) in [5.41, 5.74) is 3.99. The van der Waals surface area contributed by atoms with Gasteiger partial charge in [-0.05, 0) is 116 Å². The first-order chi connectivity index (χ1) is 24.4. The lowest BCUT2D eigenvalue weighted by molar-refractivity contribution is -0.123. The second-order valence-corrected chi connectivity index (χ2v) is 15.8. The van der Waals surface area contributed by atoms with Gasteiger partial charge in [0, 0.05) is 41.1 Å². The number of halogens is 2. The fourth-order valence-electron chi connectivity index (χ4n) is 8.08. The minimum absolute atomic E-state index is 0.0889. The van der Waals surface area contributed by atoms with E-state index in [4.69, 9.17) is 15.0 Å². The van der Waals surface area contributed by atoms with Gasteiger partial charge in [0.25, 0.3) is 12.3 Å². The smallest absolute Gasteiger partial charge is 0.261 e. The lowest BCUT2D eigenvalue weighted by Crippen LogP contribution is -2.57. The number of carbonyl (C=O) groups excluding carboxylic acids is 2. The summed E-state index contributed by atoms with van der Waals surface area (Å²) in [4.78, 5) is 46.5. The van der Waals surface area contributed by atoms with Crippen LogP contribution in [0.5, 0.6) is 0 Å². The molecule has 2 aliphatic carbocycles. The van der Waals surface area contributed by atoms with E-state index in [1.165, 1.54) is 19.3 Å². The van der Waals surface area contributed by atoms with Gasteiger partial charge in [-0.1, -0.05) is 12.5 Å². The number of hydrogen-bond acceptors (Lipinski definition) is 7. The van der Waals surface area contributed by atoms with Gasteiger partial charge in [0.05, 0.1) is 34.3 Å². The van der Waals surface area contributed by atoms with Gasteiger partial charge in [0.2, 0.25) is 5.91 Å². The van der Waals surface area contributed by atoms with Crippen LogP contribution >= 0.6 is 0 Å². The number of alkyl halides is 2. The van der Waals surface area contributed by atoms with E-state index in [1.807, 2.05) is 41.5 Å². The van der Waals surface area contributed by atoms with Crippen LogP contribution in [-0.2, 0) is 10.2 Å². The first-order valence-corrected chi connectivity index (χ1v) is 18.3. The van der Waals surface area contributed by atoms with Crippen molar-refractivity contribution in [2.75, 3.05) is 23.3 Å². The number of likely N-dealkylation sites (tertiary alicyclic amines) is 1. The lowest BCUT2D eigenvalue weighted by Gasteiger charge is -2.47. The maximum absolute atomic E-state index is 13.9. The Bertz CT molecular complexity index is 2020. The number of carbonyl (C=O) groups is 2. The number of anilines is 3.